The van der Waals surface area contributed by atoms with Gasteiger partial charge >= 0.3 is 6.03 Å². The number of imide groups is 2. The summed E-state index contributed by atoms with van der Waals surface area (Å²) in [5.74, 6) is -0.597. The normalized spacial score (nSPS) is 15.1. The van der Waals surface area contributed by atoms with Gasteiger partial charge in [0.05, 0.1) is 12.3 Å². The minimum atomic E-state index is -0.770. The number of nitrogens with one attached hydrogen (secondary N) is 1. The predicted molar refractivity (Wildman–Crippen MR) is 134 cm³/mol. The Morgan fingerprint density at radius 1 is 0.971 bits per heavy atom. The Morgan fingerprint density at radius 3 is 2.29 bits per heavy atom. The first-order chi connectivity index (χ1) is 16.2. The summed E-state index contributed by atoms with van der Waals surface area (Å²) in [4.78, 5) is 39.4. The molecule has 0 aliphatic carbocycles. The molecule has 2 heterocycles. The Balaban J connectivity index is 1.72. The SMILES string of the molecule is CCOc1ccc(-n2c(C)cc(/C=C3\C(=O)NC(=O)N(c4ccc(Br)c(C)c4)C3=O)c2C)cc1. The zero-order chi connectivity index (χ0) is 24.6. The van der Waals surface area contributed by atoms with Crippen molar-refractivity contribution in [2.75, 3.05) is 11.5 Å². The van der Waals surface area contributed by atoms with Crippen LogP contribution >= 0.6 is 15.9 Å². The van der Waals surface area contributed by atoms with Gasteiger partial charge in [0.25, 0.3) is 11.8 Å². The third-order valence-corrected chi connectivity index (χ3v) is 6.57. The summed E-state index contributed by atoms with van der Waals surface area (Å²) in [6, 6.07) is 14.0. The summed E-state index contributed by atoms with van der Waals surface area (Å²) in [5.41, 5.74) is 4.59. The number of anilines is 1. The van der Waals surface area contributed by atoms with Gasteiger partial charge in [-0.2, -0.15) is 0 Å². The van der Waals surface area contributed by atoms with Crippen molar-refractivity contribution in [3.8, 4) is 11.4 Å². The maximum Gasteiger partial charge on any atom is 0.335 e. The topological polar surface area (TPSA) is 80.6 Å². The monoisotopic (exact) mass is 521 g/mol. The lowest BCUT2D eigenvalue weighted by atomic mass is 10.1. The summed E-state index contributed by atoms with van der Waals surface area (Å²) < 4.78 is 8.41. The van der Waals surface area contributed by atoms with Crippen LogP contribution in [-0.4, -0.2) is 29.0 Å². The van der Waals surface area contributed by atoms with Crippen molar-refractivity contribution in [1.82, 2.24) is 9.88 Å². The first-order valence-electron chi connectivity index (χ1n) is 10.8. The van der Waals surface area contributed by atoms with Crippen LogP contribution in [-0.2, 0) is 9.59 Å². The van der Waals surface area contributed by atoms with E-state index in [4.69, 9.17) is 4.74 Å². The van der Waals surface area contributed by atoms with Crippen molar-refractivity contribution >= 4 is 45.5 Å². The number of amides is 4. The maximum atomic E-state index is 13.3. The van der Waals surface area contributed by atoms with E-state index in [1.54, 1.807) is 18.2 Å². The lowest BCUT2D eigenvalue weighted by Gasteiger charge is -2.26. The first-order valence-corrected chi connectivity index (χ1v) is 11.6. The van der Waals surface area contributed by atoms with E-state index in [0.29, 0.717) is 17.9 Å². The van der Waals surface area contributed by atoms with Gasteiger partial charge in [0, 0.05) is 21.5 Å². The third kappa shape index (κ3) is 4.28. The van der Waals surface area contributed by atoms with Gasteiger partial charge in [0.15, 0.2) is 0 Å². The average Bonchev–Trinajstić information content (AvgIpc) is 3.07. The van der Waals surface area contributed by atoms with E-state index < -0.39 is 17.8 Å². The van der Waals surface area contributed by atoms with E-state index in [-0.39, 0.29) is 5.57 Å². The number of ether oxygens (including phenoxy) is 1. The fourth-order valence-corrected chi connectivity index (χ4v) is 4.25. The number of halogens is 1. The van der Waals surface area contributed by atoms with Crippen LogP contribution in [0.25, 0.3) is 11.8 Å². The Labute approximate surface area is 206 Å². The molecule has 0 bridgehead atoms. The Kier molecular flexibility index (Phi) is 6.43. The van der Waals surface area contributed by atoms with Crippen molar-refractivity contribution < 1.29 is 19.1 Å². The van der Waals surface area contributed by atoms with Gasteiger partial charge in [-0.25, -0.2) is 9.69 Å². The largest absolute Gasteiger partial charge is 0.494 e. The smallest absolute Gasteiger partial charge is 0.335 e. The molecule has 34 heavy (non-hydrogen) atoms. The van der Waals surface area contributed by atoms with Crippen LogP contribution in [0.1, 0.15) is 29.4 Å². The highest BCUT2D eigenvalue weighted by Gasteiger charge is 2.37. The highest BCUT2D eigenvalue weighted by molar-refractivity contribution is 9.10. The van der Waals surface area contributed by atoms with Gasteiger partial charge in [0.1, 0.15) is 11.3 Å². The number of carbonyl (C=O) groups excluding carboxylic acids is 3. The van der Waals surface area contributed by atoms with E-state index in [2.05, 4.69) is 21.2 Å². The molecule has 1 aliphatic rings. The molecule has 174 valence electrons. The molecule has 0 atom stereocenters. The van der Waals surface area contributed by atoms with Crippen LogP contribution in [0.5, 0.6) is 5.75 Å². The second-order valence-electron chi connectivity index (χ2n) is 7.98. The highest BCUT2D eigenvalue weighted by atomic mass is 79.9. The molecular weight excluding hydrogens is 498 g/mol. The average molecular weight is 522 g/mol. The fourth-order valence-electron chi connectivity index (χ4n) is 4.00. The molecule has 4 amide bonds. The number of benzene rings is 2. The predicted octanol–water partition coefficient (Wildman–Crippen LogP) is 5.23. The number of aromatic nitrogens is 1. The molecule has 1 fully saturated rings. The molecule has 0 radical (unpaired) electrons. The molecular formula is C26H24BrN3O4. The number of hydrogen-bond donors (Lipinski definition) is 1. The van der Waals surface area contributed by atoms with E-state index >= 15 is 0 Å². The number of urea groups is 1. The summed E-state index contributed by atoms with van der Waals surface area (Å²) in [6.45, 7) is 8.26. The zero-order valence-electron chi connectivity index (χ0n) is 19.3. The van der Waals surface area contributed by atoms with E-state index in [1.165, 1.54) is 6.08 Å². The molecule has 0 unspecified atom stereocenters. The Bertz CT molecular complexity index is 1340. The van der Waals surface area contributed by atoms with Crippen LogP contribution in [0, 0.1) is 20.8 Å². The summed E-state index contributed by atoms with van der Waals surface area (Å²) in [6.07, 6.45) is 1.54. The van der Waals surface area contributed by atoms with Gasteiger partial charge in [0.2, 0.25) is 0 Å². The molecule has 0 saturated carbocycles. The van der Waals surface area contributed by atoms with Gasteiger partial charge in [-0.05, 0) is 93.4 Å². The maximum absolute atomic E-state index is 13.3. The molecule has 8 heteroatoms. The molecule has 1 aromatic heterocycles. The van der Waals surface area contributed by atoms with E-state index in [1.807, 2.05) is 62.6 Å². The quantitative estimate of drug-likeness (QED) is 0.368. The molecule has 3 aromatic rings. The summed E-state index contributed by atoms with van der Waals surface area (Å²) in [5, 5.41) is 2.28. The summed E-state index contributed by atoms with van der Waals surface area (Å²) >= 11 is 3.42. The summed E-state index contributed by atoms with van der Waals surface area (Å²) in [7, 11) is 0. The fraction of sp³-hybridized carbons (Fsp3) is 0.192. The minimum absolute atomic E-state index is 0.105. The minimum Gasteiger partial charge on any atom is -0.494 e. The van der Waals surface area contributed by atoms with Gasteiger partial charge in [-0.1, -0.05) is 15.9 Å². The van der Waals surface area contributed by atoms with Crippen molar-refractivity contribution in [3.05, 3.63) is 81.1 Å². The highest BCUT2D eigenvalue weighted by Crippen LogP contribution is 2.28. The lowest BCUT2D eigenvalue weighted by molar-refractivity contribution is -0.122. The zero-order valence-corrected chi connectivity index (χ0v) is 20.9. The first kappa shape index (κ1) is 23.5. The number of barbiturate groups is 1. The van der Waals surface area contributed by atoms with Crippen LogP contribution < -0.4 is 15.0 Å². The third-order valence-electron chi connectivity index (χ3n) is 5.68. The second-order valence-corrected chi connectivity index (χ2v) is 8.83. The van der Waals surface area contributed by atoms with Crippen LogP contribution in [0.3, 0.4) is 0 Å². The van der Waals surface area contributed by atoms with Crippen molar-refractivity contribution in [2.45, 2.75) is 27.7 Å². The molecule has 1 aliphatic heterocycles. The Hall–Kier alpha value is -3.65. The van der Waals surface area contributed by atoms with Gasteiger partial charge < -0.3 is 9.30 Å². The van der Waals surface area contributed by atoms with Crippen molar-refractivity contribution in [2.24, 2.45) is 0 Å². The Morgan fingerprint density at radius 2 is 1.65 bits per heavy atom. The van der Waals surface area contributed by atoms with Crippen LogP contribution in [0.4, 0.5) is 10.5 Å². The second kappa shape index (κ2) is 9.30. The van der Waals surface area contributed by atoms with Crippen LogP contribution in [0.15, 0.2) is 58.6 Å². The van der Waals surface area contributed by atoms with Gasteiger partial charge in [-0.3, -0.25) is 14.9 Å². The van der Waals surface area contributed by atoms with Crippen molar-refractivity contribution in [1.29, 1.82) is 0 Å². The number of carbonyl (C=O) groups is 3. The molecule has 2 aromatic carbocycles. The van der Waals surface area contributed by atoms with E-state index in [9.17, 15) is 14.4 Å². The van der Waals surface area contributed by atoms with Crippen LogP contribution in [0.2, 0.25) is 0 Å². The molecule has 1 saturated heterocycles. The number of rotatable bonds is 5. The molecule has 7 nitrogen and oxygen atoms in total. The number of hydrogen-bond acceptors (Lipinski definition) is 4. The lowest BCUT2D eigenvalue weighted by Crippen LogP contribution is -2.54. The van der Waals surface area contributed by atoms with Crippen molar-refractivity contribution in [3.63, 3.8) is 0 Å². The van der Waals surface area contributed by atoms with Gasteiger partial charge in [-0.15, -0.1) is 0 Å². The number of aryl methyl sites for hydroxylation is 2. The van der Waals surface area contributed by atoms with E-state index in [0.717, 1.165) is 37.8 Å². The molecule has 1 N–H and O–H groups in total. The molecule has 0 spiro atoms. The number of nitrogens with zero attached hydrogens (tertiary/aromatic N) is 2. The molecule has 4 rings (SSSR count). The standard InChI is InChI=1S/C26H24BrN3O4/c1-5-34-21-9-6-19(7-10-21)29-16(3)13-18(17(29)4)14-22-24(31)28-26(33)30(25(22)32)20-8-11-23(27)15(2)12-20/h6-14H,5H2,1-4H3,(H,28,31,33)/b22-14+.